The largest absolute Gasteiger partial charge is 0.480 e. The van der Waals surface area contributed by atoms with E-state index in [-0.39, 0.29) is 11.8 Å². The highest BCUT2D eigenvalue weighted by molar-refractivity contribution is 5.96. The minimum atomic E-state index is -1.03. The first-order valence-corrected chi connectivity index (χ1v) is 13.3. The number of carboxylic acids is 1. The van der Waals surface area contributed by atoms with E-state index in [1.165, 1.54) is 57.8 Å². The second kappa shape index (κ2) is 18.0. The normalized spacial score (nSPS) is 12.7. The molecule has 0 unspecified atom stereocenters. The smallest absolute Gasteiger partial charge is 0.326 e. The molecule has 0 aliphatic carbocycles. The fourth-order valence-corrected chi connectivity index (χ4v) is 3.92. The average Bonchev–Trinajstić information content (AvgIpc) is 2.84. The van der Waals surface area contributed by atoms with Crippen molar-refractivity contribution < 1.29 is 19.5 Å². The van der Waals surface area contributed by atoms with E-state index in [4.69, 9.17) is 0 Å². The Labute approximate surface area is 206 Å². The summed E-state index contributed by atoms with van der Waals surface area (Å²) in [4.78, 5) is 35.9. The first kappa shape index (κ1) is 29.7. The van der Waals surface area contributed by atoms with Gasteiger partial charge in [0.05, 0.1) is 0 Å². The fourth-order valence-electron chi connectivity index (χ4n) is 3.92. The molecule has 3 N–H and O–H groups in total. The molecule has 1 rings (SSSR count). The average molecular weight is 475 g/mol. The maximum Gasteiger partial charge on any atom is 0.326 e. The van der Waals surface area contributed by atoms with Crippen LogP contribution in [0.2, 0.25) is 0 Å². The standard InChI is InChI=1S/C28H46N2O4/c1-4-6-7-8-9-10-11-12-13-14-15-16-25(31)29-21-23-17-19-24(20-18-23)27(32)30-26(28(33)34)22(3)5-2/h17-20,22,26H,4-16,21H2,1-3H3,(H,29,31)(H,30,32)(H,33,34)/t22-,26-/m0/s1. The van der Waals surface area contributed by atoms with Gasteiger partial charge in [-0.3, -0.25) is 9.59 Å². The highest BCUT2D eigenvalue weighted by Crippen LogP contribution is 2.13. The highest BCUT2D eigenvalue weighted by atomic mass is 16.4. The van der Waals surface area contributed by atoms with Gasteiger partial charge in [-0.05, 0) is 30.0 Å². The summed E-state index contributed by atoms with van der Waals surface area (Å²) >= 11 is 0. The van der Waals surface area contributed by atoms with E-state index in [0.29, 0.717) is 24.9 Å². The number of benzene rings is 1. The predicted molar refractivity (Wildman–Crippen MR) is 138 cm³/mol. The lowest BCUT2D eigenvalue weighted by Gasteiger charge is -2.20. The maximum absolute atomic E-state index is 12.4. The number of unbranched alkanes of at least 4 members (excludes halogenated alkanes) is 10. The number of carboxylic acid groups (broad SMARTS) is 1. The van der Waals surface area contributed by atoms with Crippen molar-refractivity contribution in [1.82, 2.24) is 10.6 Å². The van der Waals surface area contributed by atoms with Crippen molar-refractivity contribution in [3.05, 3.63) is 35.4 Å². The molecule has 0 bridgehead atoms. The minimum absolute atomic E-state index is 0.0515. The maximum atomic E-state index is 12.4. The molecule has 0 heterocycles. The number of amides is 2. The van der Waals surface area contributed by atoms with Crippen molar-refractivity contribution in [3.8, 4) is 0 Å². The van der Waals surface area contributed by atoms with E-state index < -0.39 is 17.9 Å². The Hall–Kier alpha value is -2.37. The van der Waals surface area contributed by atoms with Crippen LogP contribution >= 0.6 is 0 Å². The van der Waals surface area contributed by atoms with Crippen LogP contribution in [-0.2, 0) is 16.1 Å². The summed E-state index contributed by atoms with van der Waals surface area (Å²) in [5.41, 5.74) is 1.31. The second-order valence-electron chi connectivity index (χ2n) is 9.43. The van der Waals surface area contributed by atoms with Crippen LogP contribution in [0.1, 0.15) is 120 Å². The Morgan fingerprint density at radius 3 is 1.85 bits per heavy atom. The molecule has 34 heavy (non-hydrogen) atoms. The van der Waals surface area contributed by atoms with Gasteiger partial charge in [-0.25, -0.2) is 4.79 Å². The van der Waals surface area contributed by atoms with Gasteiger partial charge in [0, 0.05) is 18.5 Å². The molecule has 2 atom stereocenters. The van der Waals surface area contributed by atoms with Crippen LogP contribution < -0.4 is 10.6 Å². The molecule has 0 aliphatic heterocycles. The summed E-state index contributed by atoms with van der Waals surface area (Å²) < 4.78 is 0. The first-order valence-electron chi connectivity index (χ1n) is 13.3. The Kier molecular flexibility index (Phi) is 15.7. The van der Waals surface area contributed by atoms with E-state index in [2.05, 4.69) is 17.6 Å². The molecular formula is C28H46N2O4. The molecule has 0 aromatic heterocycles. The molecule has 1 aromatic carbocycles. The van der Waals surface area contributed by atoms with Gasteiger partial charge < -0.3 is 15.7 Å². The summed E-state index contributed by atoms with van der Waals surface area (Å²) in [5, 5.41) is 14.9. The van der Waals surface area contributed by atoms with Crippen molar-refractivity contribution in [1.29, 1.82) is 0 Å². The third kappa shape index (κ3) is 12.8. The molecule has 6 nitrogen and oxygen atoms in total. The SMILES string of the molecule is CCCCCCCCCCCCCC(=O)NCc1ccc(C(=O)N[C@H](C(=O)O)[C@@H](C)CC)cc1. The molecule has 192 valence electrons. The van der Waals surface area contributed by atoms with Crippen molar-refractivity contribution in [3.63, 3.8) is 0 Å². The van der Waals surface area contributed by atoms with Gasteiger partial charge in [0.1, 0.15) is 6.04 Å². The summed E-state index contributed by atoms with van der Waals surface area (Å²) in [5.74, 6) is -1.54. The Morgan fingerprint density at radius 1 is 0.824 bits per heavy atom. The van der Waals surface area contributed by atoms with Gasteiger partial charge in [0.15, 0.2) is 0 Å². The zero-order chi connectivity index (χ0) is 25.2. The number of carbonyl (C=O) groups excluding carboxylic acids is 2. The zero-order valence-electron chi connectivity index (χ0n) is 21.5. The fraction of sp³-hybridized carbons (Fsp3) is 0.679. The van der Waals surface area contributed by atoms with Gasteiger partial charge in [0.2, 0.25) is 5.91 Å². The number of aliphatic carboxylic acids is 1. The number of nitrogens with one attached hydrogen (secondary N) is 2. The lowest BCUT2D eigenvalue weighted by atomic mass is 9.99. The molecule has 0 radical (unpaired) electrons. The monoisotopic (exact) mass is 474 g/mol. The highest BCUT2D eigenvalue weighted by Gasteiger charge is 2.25. The summed E-state index contributed by atoms with van der Waals surface area (Å²) in [7, 11) is 0. The summed E-state index contributed by atoms with van der Waals surface area (Å²) in [6.07, 6.45) is 15.1. The molecule has 0 saturated heterocycles. The van der Waals surface area contributed by atoms with Crippen molar-refractivity contribution in [2.24, 2.45) is 5.92 Å². The van der Waals surface area contributed by atoms with Crippen LogP contribution in [0.5, 0.6) is 0 Å². The van der Waals surface area contributed by atoms with Crippen LogP contribution in [-0.4, -0.2) is 28.9 Å². The predicted octanol–water partition coefficient (Wildman–Crippen LogP) is 6.23. The molecule has 6 heteroatoms. The van der Waals surface area contributed by atoms with Crippen LogP contribution in [0.3, 0.4) is 0 Å². The lowest BCUT2D eigenvalue weighted by Crippen LogP contribution is -2.45. The van der Waals surface area contributed by atoms with Crippen LogP contribution in [0.15, 0.2) is 24.3 Å². The summed E-state index contributed by atoms with van der Waals surface area (Å²) in [6, 6.07) is 5.99. The molecule has 0 aliphatic rings. The number of hydrogen-bond donors (Lipinski definition) is 3. The van der Waals surface area contributed by atoms with E-state index in [9.17, 15) is 19.5 Å². The van der Waals surface area contributed by atoms with Crippen LogP contribution in [0.4, 0.5) is 0 Å². The number of carbonyl (C=O) groups is 3. The van der Waals surface area contributed by atoms with Gasteiger partial charge >= 0.3 is 5.97 Å². The van der Waals surface area contributed by atoms with Crippen molar-refractivity contribution >= 4 is 17.8 Å². The molecule has 1 aromatic rings. The van der Waals surface area contributed by atoms with Gasteiger partial charge in [0.25, 0.3) is 5.91 Å². The van der Waals surface area contributed by atoms with E-state index in [0.717, 1.165) is 18.4 Å². The topological polar surface area (TPSA) is 95.5 Å². The first-order chi connectivity index (χ1) is 16.4. The van der Waals surface area contributed by atoms with Gasteiger partial charge in [-0.15, -0.1) is 0 Å². The van der Waals surface area contributed by atoms with Gasteiger partial charge in [-0.1, -0.05) is 104 Å². The van der Waals surface area contributed by atoms with Crippen molar-refractivity contribution in [2.45, 2.75) is 117 Å². The Morgan fingerprint density at radius 2 is 1.35 bits per heavy atom. The van der Waals surface area contributed by atoms with E-state index >= 15 is 0 Å². The molecular weight excluding hydrogens is 428 g/mol. The minimum Gasteiger partial charge on any atom is -0.480 e. The Bertz CT molecular complexity index is 718. The van der Waals surface area contributed by atoms with Crippen LogP contribution in [0, 0.1) is 5.92 Å². The third-order valence-corrected chi connectivity index (χ3v) is 6.48. The van der Waals surface area contributed by atoms with E-state index in [1.54, 1.807) is 31.2 Å². The quantitative estimate of drug-likeness (QED) is 0.207. The van der Waals surface area contributed by atoms with E-state index in [1.807, 2.05) is 6.92 Å². The Balaban J connectivity index is 2.21. The molecule has 2 amide bonds. The van der Waals surface area contributed by atoms with Gasteiger partial charge in [-0.2, -0.15) is 0 Å². The number of hydrogen-bond acceptors (Lipinski definition) is 3. The second-order valence-corrected chi connectivity index (χ2v) is 9.43. The molecule has 0 fully saturated rings. The third-order valence-electron chi connectivity index (χ3n) is 6.48. The van der Waals surface area contributed by atoms with Crippen LogP contribution in [0.25, 0.3) is 0 Å². The lowest BCUT2D eigenvalue weighted by molar-refractivity contribution is -0.140. The molecule has 0 saturated carbocycles. The number of rotatable bonds is 19. The zero-order valence-corrected chi connectivity index (χ0v) is 21.5. The summed E-state index contributed by atoms with van der Waals surface area (Å²) in [6.45, 7) is 6.37. The van der Waals surface area contributed by atoms with Crippen molar-refractivity contribution in [2.75, 3.05) is 0 Å². The molecule has 0 spiro atoms.